The fourth-order valence-corrected chi connectivity index (χ4v) is 2.98. The van der Waals surface area contributed by atoms with E-state index in [0.717, 1.165) is 37.4 Å². The molecule has 122 valence electrons. The highest BCUT2D eigenvalue weighted by atomic mass is 35.5. The lowest BCUT2D eigenvalue weighted by molar-refractivity contribution is 0.469. The fourth-order valence-electron chi connectivity index (χ4n) is 2.84. The van der Waals surface area contributed by atoms with E-state index in [1.54, 1.807) is 0 Å². The molecule has 2 aromatic rings. The Bertz CT molecular complexity index is 671. The van der Waals surface area contributed by atoms with Crippen molar-refractivity contribution in [2.75, 3.05) is 29.9 Å². The molecule has 0 saturated carbocycles. The molecule has 5 nitrogen and oxygen atoms in total. The summed E-state index contributed by atoms with van der Waals surface area (Å²) in [5, 5.41) is 0.317. The van der Waals surface area contributed by atoms with Crippen molar-refractivity contribution in [3.05, 3.63) is 41.1 Å². The van der Waals surface area contributed by atoms with Crippen molar-refractivity contribution >= 4 is 23.4 Å². The van der Waals surface area contributed by atoms with Crippen LogP contribution in [0.15, 0.2) is 24.7 Å². The third-order valence-electron chi connectivity index (χ3n) is 4.18. The molecule has 0 aliphatic carbocycles. The van der Waals surface area contributed by atoms with Gasteiger partial charge < -0.3 is 9.80 Å². The topological polar surface area (TPSA) is 45.2 Å². The number of pyridine rings is 1. The first-order chi connectivity index (χ1) is 11.0. The van der Waals surface area contributed by atoms with E-state index in [2.05, 4.69) is 19.9 Å². The Kier molecular flexibility index (Phi) is 4.61. The largest absolute Gasteiger partial charge is 0.354 e. The van der Waals surface area contributed by atoms with Crippen LogP contribution < -0.4 is 9.80 Å². The summed E-state index contributed by atoms with van der Waals surface area (Å²) in [6, 6.07) is 1.65. The van der Waals surface area contributed by atoms with Crippen LogP contribution in [0.5, 0.6) is 0 Å². The van der Waals surface area contributed by atoms with Gasteiger partial charge in [0.1, 0.15) is 0 Å². The molecule has 23 heavy (non-hydrogen) atoms. The summed E-state index contributed by atoms with van der Waals surface area (Å²) in [5.74, 6) is 0.734. The van der Waals surface area contributed by atoms with E-state index >= 15 is 0 Å². The summed E-state index contributed by atoms with van der Waals surface area (Å²) in [5.41, 5.74) is 1.04. The van der Waals surface area contributed by atoms with Crippen LogP contribution in [-0.2, 0) is 0 Å². The second kappa shape index (κ2) is 6.66. The first kappa shape index (κ1) is 15.9. The number of halogens is 2. The number of rotatable bonds is 3. The van der Waals surface area contributed by atoms with Crippen molar-refractivity contribution in [2.24, 2.45) is 0 Å². The van der Waals surface area contributed by atoms with E-state index in [-0.39, 0.29) is 5.82 Å². The molecule has 0 N–H and O–H groups in total. The molecule has 0 aromatic carbocycles. The number of piperidine rings is 1. The van der Waals surface area contributed by atoms with Gasteiger partial charge in [0.15, 0.2) is 11.6 Å². The van der Waals surface area contributed by atoms with Gasteiger partial charge in [0.25, 0.3) is 0 Å². The van der Waals surface area contributed by atoms with Gasteiger partial charge in [-0.25, -0.2) is 19.3 Å². The predicted octanol–water partition coefficient (Wildman–Crippen LogP) is 3.08. The average molecular weight is 336 g/mol. The molecule has 0 bridgehead atoms. The summed E-state index contributed by atoms with van der Waals surface area (Å²) in [4.78, 5) is 16.9. The summed E-state index contributed by atoms with van der Waals surface area (Å²) in [6.45, 7) is 3.45. The standard InChI is InChI=1S/C16H19ClFN5/c1-11-8-20-16(21-9-11)22(2)13-3-5-23(6-4-13)15-14(18)7-12(17)10-19-15/h7-10,13H,3-6H2,1-2H3. The first-order valence-electron chi connectivity index (χ1n) is 7.62. The number of aryl methyl sites for hydroxylation is 1. The van der Waals surface area contributed by atoms with E-state index in [1.165, 1.54) is 12.3 Å². The minimum absolute atomic E-state index is 0.317. The van der Waals surface area contributed by atoms with Gasteiger partial charge >= 0.3 is 0 Å². The van der Waals surface area contributed by atoms with Crippen molar-refractivity contribution in [3.63, 3.8) is 0 Å². The lowest BCUT2D eigenvalue weighted by Gasteiger charge is -2.37. The van der Waals surface area contributed by atoms with Crippen LogP contribution in [0.1, 0.15) is 18.4 Å². The molecule has 0 unspecified atom stereocenters. The van der Waals surface area contributed by atoms with Gasteiger partial charge in [-0.2, -0.15) is 0 Å². The number of nitrogens with zero attached hydrogens (tertiary/aromatic N) is 5. The van der Waals surface area contributed by atoms with Gasteiger partial charge in [-0.15, -0.1) is 0 Å². The monoisotopic (exact) mass is 335 g/mol. The molecule has 0 radical (unpaired) electrons. The Balaban J connectivity index is 1.65. The van der Waals surface area contributed by atoms with Crippen molar-refractivity contribution in [3.8, 4) is 0 Å². The Labute approximate surface area is 140 Å². The van der Waals surface area contributed by atoms with E-state index in [1.807, 2.05) is 31.3 Å². The molecule has 1 aliphatic rings. The van der Waals surface area contributed by atoms with Crippen LogP contribution >= 0.6 is 11.6 Å². The zero-order chi connectivity index (χ0) is 16.4. The first-order valence-corrected chi connectivity index (χ1v) is 8.00. The molecule has 2 aromatic heterocycles. The maximum atomic E-state index is 14.0. The maximum Gasteiger partial charge on any atom is 0.225 e. The quantitative estimate of drug-likeness (QED) is 0.862. The molecule has 0 atom stereocenters. The third-order valence-corrected chi connectivity index (χ3v) is 4.39. The van der Waals surface area contributed by atoms with Gasteiger partial charge in [0, 0.05) is 44.8 Å². The van der Waals surface area contributed by atoms with Gasteiger partial charge in [-0.1, -0.05) is 11.6 Å². The Morgan fingerprint density at radius 3 is 2.43 bits per heavy atom. The smallest absolute Gasteiger partial charge is 0.225 e. The highest BCUT2D eigenvalue weighted by Crippen LogP contribution is 2.25. The van der Waals surface area contributed by atoms with Crippen LogP contribution in [-0.4, -0.2) is 41.1 Å². The fraction of sp³-hybridized carbons (Fsp3) is 0.438. The van der Waals surface area contributed by atoms with Gasteiger partial charge in [0.2, 0.25) is 5.95 Å². The molecule has 3 heterocycles. The zero-order valence-electron chi connectivity index (χ0n) is 13.2. The zero-order valence-corrected chi connectivity index (χ0v) is 14.0. The molecular weight excluding hydrogens is 317 g/mol. The normalized spacial score (nSPS) is 15.7. The molecule has 0 amide bonds. The molecule has 1 aliphatic heterocycles. The van der Waals surface area contributed by atoms with Crippen LogP contribution in [0.25, 0.3) is 0 Å². The molecule has 7 heteroatoms. The van der Waals surface area contributed by atoms with Crippen LogP contribution in [0.2, 0.25) is 5.02 Å². The molecular formula is C16H19ClFN5. The van der Waals surface area contributed by atoms with E-state index in [4.69, 9.17) is 11.6 Å². The van der Waals surface area contributed by atoms with Crippen LogP contribution in [0.3, 0.4) is 0 Å². The summed E-state index contributed by atoms with van der Waals surface area (Å²) in [6.07, 6.45) is 6.93. The van der Waals surface area contributed by atoms with E-state index in [0.29, 0.717) is 16.9 Å². The lowest BCUT2D eigenvalue weighted by atomic mass is 10.0. The highest BCUT2D eigenvalue weighted by molar-refractivity contribution is 6.30. The second-order valence-corrected chi connectivity index (χ2v) is 6.28. The second-order valence-electron chi connectivity index (χ2n) is 5.85. The predicted molar refractivity (Wildman–Crippen MR) is 89.6 cm³/mol. The van der Waals surface area contributed by atoms with Crippen LogP contribution in [0, 0.1) is 12.7 Å². The van der Waals surface area contributed by atoms with Crippen LogP contribution in [0.4, 0.5) is 16.2 Å². The van der Waals surface area contributed by atoms with Crippen molar-refractivity contribution in [1.82, 2.24) is 15.0 Å². The van der Waals surface area contributed by atoms with Crippen molar-refractivity contribution in [1.29, 1.82) is 0 Å². The van der Waals surface area contributed by atoms with Gasteiger partial charge in [-0.3, -0.25) is 0 Å². The summed E-state index contributed by atoms with van der Waals surface area (Å²) in [7, 11) is 2.01. The Morgan fingerprint density at radius 2 is 1.83 bits per heavy atom. The summed E-state index contributed by atoms with van der Waals surface area (Å²) >= 11 is 5.76. The lowest BCUT2D eigenvalue weighted by Crippen LogP contribution is -2.44. The SMILES string of the molecule is Cc1cnc(N(C)C2CCN(c3ncc(Cl)cc3F)CC2)nc1. The minimum Gasteiger partial charge on any atom is -0.354 e. The van der Waals surface area contributed by atoms with Crippen molar-refractivity contribution in [2.45, 2.75) is 25.8 Å². The molecule has 0 spiro atoms. The summed E-state index contributed by atoms with van der Waals surface area (Å²) < 4.78 is 14.0. The highest BCUT2D eigenvalue weighted by Gasteiger charge is 2.26. The molecule has 1 saturated heterocycles. The van der Waals surface area contributed by atoms with Crippen molar-refractivity contribution < 1.29 is 4.39 Å². The minimum atomic E-state index is -0.369. The Morgan fingerprint density at radius 1 is 1.17 bits per heavy atom. The maximum absolute atomic E-state index is 14.0. The van der Waals surface area contributed by atoms with Gasteiger partial charge in [0.05, 0.1) is 5.02 Å². The number of hydrogen-bond acceptors (Lipinski definition) is 5. The number of hydrogen-bond donors (Lipinski definition) is 0. The average Bonchev–Trinajstić information content (AvgIpc) is 2.55. The number of anilines is 2. The molecule has 3 rings (SSSR count). The van der Waals surface area contributed by atoms with E-state index in [9.17, 15) is 4.39 Å². The van der Waals surface area contributed by atoms with E-state index < -0.39 is 0 Å². The molecule has 1 fully saturated rings. The Hall–Kier alpha value is -1.95. The third kappa shape index (κ3) is 3.52. The van der Waals surface area contributed by atoms with Gasteiger partial charge in [-0.05, 0) is 31.4 Å². The number of aromatic nitrogens is 3.